The van der Waals surface area contributed by atoms with Crippen molar-refractivity contribution in [2.24, 2.45) is 17.2 Å². The fraction of sp³-hybridized carbons (Fsp3) is 1.00. The van der Waals surface area contributed by atoms with Crippen LogP contribution in [0.2, 0.25) is 0 Å². The molecule has 1 heterocycles. The van der Waals surface area contributed by atoms with Crippen molar-refractivity contribution in [1.82, 2.24) is 14.7 Å². The molecular formula is C12H30N6O3. The van der Waals surface area contributed by atoms with Crippen LogP contribution < -0.4 is 17.2 Å². The summed E-state index contributed by atoms with van der Waals surface area (Å²) in [6.07, 6.45) is -3.93. The smallest absolute Gasteiger partial charge is 0.0857 e. The standard InChI is InChI=1S/C12H30N6O3/c1-7(19)10(13)16-4-17(11(14)8(2)20)6-18(5-16)12(15)9(3)21/h7-12,19-21H,4-6,13-15H2,1-3H3. The SMILES string of the molecule is CC(O)C(N)N1CN(C(N)C(C)O)CN(C(N)C(C)O)C1. The second-order valence-corrected chi connectivity index (χ2v) is 5.88. The van der Waals surface area contributed by atoms with Crippen molar-refractivity contribution in [3.8, 4) is 0 Å². The van der Waals surface area contributed by atoms with Crippen LogP contribution in [-0.4, -0.2) is 86.8 Å². The zero-order chi connectivity index (χ0) is 16.3. The Morgan fingerprint density at radius 1 is 0.619 bits per heavy atom. The van der Waals surface area contributed by atoms with Crippen LogP contribution >= 0.6 is 0 Å². The second kappa shape index (κ2) is 7.77. The molecule has 9 nitrogen and oxygen atoms in total. The molecule has 1 saturated heterocycles. The molecule has 0 saturated carbocycles. The summed E-state index contributed by atoms with van der Waals surface area (Å²) in [5.74, 6) is 0. The van der Waals surface area contributed by atoms with Gasteiger partial charge in [0, 0.05) is 0 Å². The van der Waals surface area contributed by atoms with E-state index in [1.54, 1.807) is 35.5 Å². The van der Waals surface area contributed by atoms with Gasteiger partial charge in [0.15, 0.2) is 0 Å². The Labute approximate surface area is 125 Å². The number of hydrogen-bond acceptors (Lipinski definition) is 9. The van der Waals surface area contributed by atoms with Gasteiger partial charge < -0.3 is 32.5 Å². The Balaban J connectivity index is 2.87. The van der Waals surface area contributed by atoms with Crippen LogP contribution in [0.15, 0.2) is 0 Å². The number of rotatable bonds is 6. The zero-order valence-corrected chi connectivity index (χ0v) is 13.0. The molecule has 0 aromatic heterocycles. The van der Waals surface area contributed by atoms with E-state index in [0.717, 1.165) is 0 Å². The van der Waals surface area contributed by atoms with Gasteiger partial charge in [0.1, 0.15) is 0 Å². The second-order valence-electron chi connectivity index (χ2n) is 5.88. The maximum atomic E-state index is 9.68. The molecule has 0 aromatic carbocycles. The predicted octanol–water partition coefficient (Wildman–Crippen LogP) is -3.22. The van der Waals surface area contributed by atoms with E-state index in [1.165, 1.54) is 0 Å². The summed E-state index contributed by atoms with van der Waals surface area (Å²) in [5, 5.41) is 29.0. The minimum absolute atomic E-state index is 0.404. The minimum atomic E-state index is -0.725. The van der Waals surface area contributed by atoms with Crippen LogP contribution in [0.4, 0.5) is 0 Å². The highest BCUT2D eigenvalue weighted by molar-refractivity contribution is 4.82. The van der Waals surface area contributed by atoms with Gasteiger partial charge in [0.05, 0.1) is 56.8 Å². The molecule has 21 heavy (non-hydrogen) atoms. The van der Waals surface area contributed by atoms with Gasteiger partial charge >= 0.3 is 0 Å². The molecule has 1 fully saturated rings. The van der Waals surface area contributed by atoms with Gasteiger partial charge in [-0.05, 0) is 20.8 Å². The number of aliphatic hydroxyl groups excluding tert-OH is 3. The van der Waals surface area contributed by atoms with Crippen LogP contribution in [0, 0.1) is 0 Å². The third-order valence-electron chi connectivity index (χ3n) is 3.84. The first-order valence-electron chi connectivity index (χ1n) is 7.18. The summed E-state index contributed by atoms with van der Waals surface area (Å²) in [6.45, 7) is 6.04. The maximum absolute atomic E-state index is 9.68. The van der Waals surface area contributed by atoms with Crippen molar-refractivity contribution in [2.75, 3.05) is 20.0 Å². The van der Waals surface area contributed by atoms with E-state index < -0.39 is 36.8 Å². The van der Waals surface area contributed by atoms with E-state index in [4.69, 9.17) is 17.2 Å². The van der Waals surface area contributed by atoms with Crippen LogP contribution in [0.5, 0.6) is 0 Å². The summed E-state index contributed by atoms with van der Waals surface area (Å²) in [6, 6.07) is 0. The predicted molar refractivity (Wildman–Crippen MR) is 79.1 cm³/mol. The van der Waals surface area contributed by atoms with Crippen LogP contribution in [0.25, 0.3) is 0 Å². The molecule has 0 radical (unpaired) electrons. The van der Waals surface area contributed by atoms with Gasteiger partial charge in [0.25, 0.3) is 0 Å². The Kier molecular flexibility index (Phi) is 6.91. The lowest BCUT2D eigenvalue weighted by Gasteiger charge is -2.49. The Bertz CT molecular complexity index is 264. The number of nitrogens with zero attached hydrogens (tertiary/aromatic N) is 3. The highest BCUT2D eigenvalue weighted by Gasteiger charge is 2.35. The average Bonchev–Trinajstić information content (AvgIpc) is 2.43. The fourth-order valence-corrected chi connectivity index (χ4v) is 2.32. The van der Waals surface area contributed by atoms with Gasteiger partial charge in [-0.3, -0.25) is 14.7 Å². The van der Waals surface area contributed by atoms with Gasteiger partial charge in [-0.25, -0.2) is 0 Å². The molecule has 0 aromatic rings. The lowest BCUT2D eigenvalue weighted by molar-refractivity contribution is -0.125. The van der Waals surface area contributed by atoms with Crippen molar-refractivity contribution >= 4 is 0 Å². The monoisotopic (exact) mass is 306 g/mol. The summed E-state index contributed by atoms with van der Waals surface area (Å²) in [5.41, 5.74) is 18.0. The number of nitrogens with two attached hydrogens (primary N) is 3. The molecule has 6 unspecified atom stereocenters. The van der Waals surface area contributed by atoms with Crippen molar-refractivity contribution in [3.63, 3.8) is 0 Å². The summed E-state index contributed by atoms with van der Waals surface area (Å²) in [4.78, 5) is 5.41. The molecule has 1 aliphatic rings. The largest absolute Gasteiger partial charge is 0.390 e. The van der Waals surface area contributed by atoms with E-state index in [0.29, 0.717) is 20.0 Å². The molecule has 126 valence electrons. The summed E-state index contributed by atoms with van der Waals surface area (Å²) >= 11 is 0. The minimum Gasteiger partial charge on any atom is -0.390 e. The fourth-order valence-electron chi connectivity index (χ4n) is 2.32. The van der Waals surface area contributed by atoms with Crippen LogP contribution in [-0.2, 0) is 0 Å². The van der Waals surface area contributed by atoms with E-state index in [2.05, 4.69) is 0 Å². The number of aliphatic hydroxyl groups is 3. The number of hydrogen-bond donors (Lipinski definition) is 6. The molecule has 0 spiro atoms. The highest BCUT2D eigenvalue weighted by Crippen LogP contribution is 2.15. The highest BCUT2D eigenvalue weighted by atomic mass is 16.3. The van der Waals surface area contributed by atoms with E-state index in [1.807, 2.05) is 0 Å². The molecule has 9 N–H and O–H groups in total. The van der Waals surface area contributed by atoms with Crippen molar-refractivity contribution in [3.05, 3.63) is 0 Å². The van der Waals surface area contributed by atoms with Gasteiger partial charge in [-0.2, -0.15) is 0 Å². The van der Waals surface area contributed by atoms with Gasteiger partial charge in [0.2, 0.25) is 0 Å². The Morgan fingerprint density at radius 2 is 0.810 bits per heavy atom. The first-order chi connectivity index (χ1) is 9.65. The van der Waals surface area contributed by atoms with Gasteiger partial charge in [-0.1, -0.05) is 0 Å². The average molecular weight is 306 g/mol. The quantitative estimate of drug-likeness (QED) is 0.298. The molecule has 6 atom stereocenters. The van der Waals surface area contributed by atoms with E-state index in [9.17, 15) is 15.3 Å². The summed E-state index contributed by atoms with van der Waals surface area (Å²) < 4.78 is 0. The van der Waals surface area contributed by atoms with Crippen molar-refractivity contribution < 1.29 is 15.3 Å². The molecule has 1 aliphatic heterocycles. The lowest BCUT2D eigenvalue weighted by Crippen LogP contribution is -2.69. The molecular weight excluding hydrogens is 276 g/mol. The third-order valence-corrected chi connectivity index (χ3v) is 3.84. The zero-order valence-electron chi connectivity index (χ0n) is 13.0. The molecule has 0 aliphatic carbocycles. The molecule has 0 bridgehead atoms. The van der Waals surface area contributed by atoms with E-state index >= 15 is 0 Å². The third kappa shape index (κ3) is 4.81. The lowest BCUT2D eigenvalue weighted by atomic mass is 10.2. The molecule has 9 heteroatoms. The van der Waals surface area contributed by atoms with Gasteiger partial charge in [-0.15, -0.1) is 0 Å². The van der Waals surface area contributed by atoms with Crippen LogP contribution in [0.3, 0.4) is 0 Å². The Morgan fingerprint density at radius 3 is 0.952 bits per heavy atom. The Hall–Kier alpha value is -0.360. The molecule has 0 amide bonds. The topological polar surface area (TPSA) is 148 Å². The maximum Gasteiger partial charge on any atom is 0.0857 e. The van der Waals surface area contributed by atoms with Crippen molar-refractivity contribution in [1.29, 1.82) is 0 Å². The van der Waals surface area contributed by atoms with E-state index in [-0.39, 0.29) is 0 Å². The molecule has 1 rings (SSSR count). The first kappa shape index (κ1) is 18.7. The van der Waals surface area contributed by atoms with Crippen LogP contribution in [0.1, 0.15) is 20.8 Å². The summed E-state index contributed by atoms with van der Waals surface area (Å²) in [7, 11) is 0. The van der Waals surface area contributed by atoms with Crippen molar-refractivity contribution in [2.45, 2.75) is 57.6 Å². The first-order valence-corrected chi connectivity index (χ1v) is 7.18. The normalized spacial score (nSPS) is 27.9.